The Morgan fingerprint density at radius 1 is 1.00 bits per heavy atom. The number of carbonyl (C=O) groups is 2. The number of carbonyl (C=O) groups excluding carboxylic acids is 2. The van der Waals surface area contributed by atoms with Gasteiger partial charge in [-0.25, -0.2) is 0 Å². The Hall–Kier alpha value is -1.34. The molecule has 2 saturated heterocycles. The highest BCUT2D eigenvalue weighted by Gasteiger charge is 2.14. The molecule has 1 aromatic carbocycles. The average Bonchev–Trinajstić information content (AvgIpc) is 3.25. The van der Waals surface area contributed by atoms with Gasteiger partial charge in [0.15, 0.2) is 0 Å². The van der Waals surface area contributed by atoms with E-state index in [0.717, 1.165) is 44.7 Å². The normalized spacial score (nSPS) is 16.9. The standard InChI is InChI=1S/C22H34N4O2.2ClH/c27-21(8-5-18-9-11-23-12-10-18)25-17-19-3-6-20(7-4-19)22(28)24-13-16-26-14-1-2-15-26;;/h3-4,6-7,18,23H,1-2,5,8-17H2,(H,24,28)(H,25,27);2*1H. The number of amides is 2. The van der Waals surface area contributed by atoms with E-state index in [9.17, 15) is 9.59 Å². The lowest BCUT2D eigenvalue weighted by molar-refractivity contribution is -0.121. The van der Waals surface area contributed by atoms with Crippen molar-refractivity contribution in [1.82, 2.24) is 20.9 Å². The monoisotopic (exact) mass is 458 g/mol. The molecule has 2 amide bonds. The molecule has 0 bridgehead atoms. The van der Waals surface area contributed by atoms with Crippen LogP contribution < -0.4 is 16.0 Å². The zero-order chi connectivity index (χ0) is 19.6. The third-order valence-electron chi connectivity index (χ3n) is 5.86. The molecule has 0 spiro atoms. The van der Waals surface area contributed by atoms with Crippen LogP contribution in [0.5, 0.6) is 0 Å². The SMILES string of the molecule is Cl.Cl.O=C(CCC1CCNCC1)NCc1ccc(C(=O)NCCN2CCCC2)cc1. The van der Waals surface area contributed by atoms with Gasteiger partial charge in [0, 0.05) is 31.6 Å². The number of benzene rings is 1. The number of nitrogens with one attached hydrogen (secondary N) is 3. The number of piperidine rings is 1. The minimum absolute atomic E-state index is 0. The molecule has 3 N–H and O–H groups in total. The van der Waals surface area contributed by atoms with Crippen molar-refractivity contribution in [2.24, 2.45) is 5.92 Å². The van der Waals surface area contributed by atoms with Crippen molar-refractivity contribution in [2.45, 2.75) is 45.1 Å². The first-order chi connectivity index (χ1) is 13.7. The van der Waals surface area contributed by atoms with Gasteiger partial charge in [-0.3, -0.25) is 9.59 Å². The molecule has 0 unspecified atom stereocenters. The van der Waals surface area contributed by atoms with E-state index in [0.29, 0.717) is 31.0 Å². The lowest BCUT2D eigenvalue weighted by Crippen LogP contribution is -2.33. The maximum Gasteiger partial charge on any atom is 0.251 e. The molecule has 170 valence electrons. The van der Waals surface area contributed by atoms with Gasteiger partial charge in [0.05, 0.1) is 0 Å². The molecule has 0 aromatic heterocycles. The lowest BCUT2D eigenvalue weighted by Gasteiger charge is -2.22. The first kappa shape index (κ1) is 26.7. The minimum atomic E-state index is -0.0308. The third-order valence-corrected chi connectivity index (χ3v) is 5.86. The Labute approximate surface area is 192 Å². The molecule has 0 saturated carbocycles. The number of rotatable bonds is 9. The van der Waals surface area contributed by atoms with E-state index in [1.54, 1.807) is 0 Å². The van der Waals surface area contributed by atoms with Crippen molar-refractivity contribution in [1.29, 1.82) is 0 Å². The summed E-state index contributed by atoms with van der Waals surface area (Å²) in [6, 6.07) is 7.51. The summed E-state index contributed by atoms with van der Waals surface area (Å²) in [5, 5.41) is 9.33. The van der Waals surface area contributed by atoms with Crippen molar-refractivity contribution in [3.05, 3.63) is 35.4 Å². The zero-order valence-corrected chi connectivity index (χ0v) is 19.3. The van der Waals surface area contributed by atoms with E-state index < -0.39 is 0 Å². The van der Waals surface area contributed by atoms with Gasteiger partial charge in [-0.1, -0.05) is 12.1 Å². The Balaban J connectivity index is 0.00000225. The fourth-order valence-corrected chi connectivity index (χ4v) is 4.00. The Kier molecular flexibility index (Phi) is 13.0. The van der Waals surface area contributed by atoms with Crippen molar-refractivity contribution >= 4 is 36.6 Å². The molecule has 0 atom stereocenters. The van der Waals surface area contributed by atoms with Crippen LogP contribution in [0.1, 0.15) is 54.4 Å². The second-order valence-corrected chi connectivity index (χ2v) is 8.01. The predicted octanol–water partition coefficient (Wildman–Crippen LogP) is 2.75. The fraction of sp³-hybridized carbons (Fsp3) is 0.636. The minimum Gasteiger partial charge on any atom is -0.352 e. The highest BCUT2D eigenvalue weighted by molar-refractivity contribution is 5.94. The van der Waals surface area contributed by atoms with Gasteiger partial charge >= 0.3 is 0 Å². The molecule has 1 aromatic rings. The van der Waals surface area contributed by atoms with E-state index in [1.807, 2.05) is 24.3 Å². The number of halogens is 2. The molecule has 2 fully saturated rings. The van der Waals surface area contributed by atoms with E-state index in [2.05, 4.69) is 20.9 Å². The predicted molar refractivity (Wildman–Crippen MR) is 126 cm³/mol. The smallest absolute Gasteiger partial charge is 0.251 e. The molecule has 0 radical (unpaired) electrons. The van der Waals surface area contributed by atoms with Crippen LogP contribution in [0.25, 0.3) is 0 Å². The quantitative estimate of drug-likeness (QED) is 0.531. The number of hydrogen-bond donors (Lipinski definition) is 3. The van der Waals surface area contributed by atoms with E-state index in [4.69, 9.17) is 0 Å². The van der Waals surface area contributed by atoms with Crippen LogP contribution in [0.15, 0.2) is 24.3 Å². The summed E-state index contributed by atoms with van der Waals surface area (Å²) in [4.78, 5) is 26.7. The topological polar surface area (TPSA) is 73.5 Å². The van der Waals surface area contributed by atoms with Gasteiger partial charge in [0.1, 0.15) is 0 Å². The zero-order valence-electron chi connectivity index (χ0n) is 17.7. The summed E-state index contributed by atoms with van der Waals surface area (Å²) >= 11 is 0. The summed E-state index contributed by atoms with van der Waals surface area (Å²) in [5.74, 6) is 0.759. The highest BCUT2D eigenvalue weighted by Crippen LogP contribution is 2.17. The molecule has 8 heteroatoms. The van der Waals surface area contributed by atoms with Gasteiger partial charge in [-0.05, 0) is 81.9 Å². The van der Waals surface area contributed by atoms with Crippen LogP contribution in [0.2, 0.25) is 0 Å². The number of nitrogens with zero attached hydrogens (tertiary/aromatic N) is 1. The largest absolute Gasteiger partial charge is 0.352 e. The summed E-state index contributed by atoms with van der Waals surface area (Å²) in [5.41, 5.74) is 1.69. The van der Waals surface area contributed by atoms with E-state index >= 15 is 0 Å². The first-order valence-corrected chi connectivity index (χ1v) is 10.8. The van der Waals surface area contributed by atoms with Crippen LogP contribution >= 0.6 is 24.8 Å². The van der Waals surface area contributed by atoms with Crippen molar-refractivity contribution < 1.29 is 9.59 Å². The van der Waals surface area contributed by atoms with Crippen LogP contribution in [0.3, 0.4) is 0 Å². The first-order valence-electron chi connectivity index (χ1n) is 10.8. The average molecular weight is 459 g/mol. The molecule has 2 heterocycles. The molecule has 3 rings (SSSR count). The molecule has 2 aliphatic heterocycles. The van der Waals surface area contributed by atoms with Crippen molar-refractivity contribution in [3.8, 4) is 0 Å². The Morgan fingerprint density at radius 3 is 2.33 bits per heavy atom. The van der Waals surface area contributed by atoms with Crippen molar-refractivity contribution in [2.75, 3.05) is 39.3 Å². The summed E-state index contributed by atoms with van der Waals surface area (Å²) in [6.07, 6.45) is 6.46. The van der Waals surface area contributed by atoms with Gasteiger partial charge in [0.2, 0.25) is 5.91 Å². The maximum absolute atomic E-state index is 12.2. The van der Waals surface area contributed by atoms with Crippen LogP contribution in [-0.4, -0.2) is 56.0 Å². The van der Waals surface area contributed by atoms with Gasteiger partial charge in [-0.2, -0.15) is 0 Å². The molecule has 2 aliphatic rings. The third kappa shape index (κ3) is 9.21. The second-order valence-electron chi connectivity index (χ2n) is 8.01. The number of hydrogen-bond acceptors (Lipinski definition) is 4. The molecular weight excluding hydrogens is 423 g/mol. The van der Waals surface area contributed by atoms with Crippen LogP contribution in [0, 0.1) is 5.92 Å². The number of likely N-dealkylation sites (tertiary alicyclic amines) is 1. The second kappa shape index (κ2) is 14.6. The fourth-order valence-electron chi connectivity index (χ4n) is 4.00. The Bertz CT molecular complexity index is 631. The van der Waals surface area contributed by atoms with Gasteiger partial charge in [-0.15, -0.1) is 24.8 Å². The van der Waals surface area contributed by atoms with Gasteiger partial charge in [0.25, 0.3) is 5.91 Å². The van der Waals surface area contributed by atoms with Crippen molar-refractivity contribution in [3.63, 3.8) is 0 Å². The summed E-state index contributed by atoms with van der Waals surface area (Å²) in [6.45, 7) is 6.57. The lowest BCUT2D eigenvalue weighted by atomic mass is 9.93. The summed E-state index contributed by atoms with van der Waals surface area (Å²) in [7, 11) is 0. The van der Waals surface area contributed by atoms with Gasteiger partial charge < -0.3 is 20.9 Å². The summed E-state index contributed by atoms with van der Waals surface area (Å²) < 4.78 is 0. The maximum atomic E-state index is 12.2. The highest BCUT2D eigenvalue weighted by atomic mass is 35.5. The molecule has 0 aliphatic carbocycles. The van der Waals surface area contributed by atoms with E-state index in [-0.39, 0.29) is 36.6 Å². The van der Waals surface area contributed by atoms with E-state index in [1.165, 1.54) is 25.7 Å². The van der Waals surface area contributed by atoms with Crippen LogP contribution in [0.4, 0.5) is 0 Å². The molecular formula is C22H36Cl2N4O2. The molecule has 30 heavy (non-hydrogen) atoms. The Morgan fingerprint density at radius 2 is 1.67 bits per heavy atom. The molecule has 6 nitrogen and oxygen atoms in total. The van der Waals surface area contributed by atoms with Crippen LogP contribution in [-0.2, 0) is 11.3 Å².